The van der Waals surface area contributed by atoms with Gasteiger partial charge in [0, 0.05) is 44.4 Å². The van der Waals surface area contributed by atoms with Gasteiger partial charge in [0.1, 0.15) is 11.5 Å². The number of rotatable bonds is 4. The highest BCUT2D eigenvalue weighted by Gasteiger charge is 2.26. The number of pyridine rings is 1. The average molecular weight is 415 g/mol. The summed E-state index contributed by atoms with van der Waals surface area (Å²) >= 11 is 0. The maximum atomic E-state index is 13.1. The topological polar surface area (TPSA) is 94.1 Å². The molecule has 0 radical (unpaired) electrons. The van der Waals surface area contributed by atoms with Crippen molar-refractivity contribution in [1.82, 2.24) is 24.4 Å². The molecule has 0 spiro atoms. The molecular formula is C23H21N5O3. The Morgan fingerprint density at radius 2 is 2.13 bits per heavy atom. The minimum absolute atomic E-state index is 0.102. The van der Waals surface area contributed by atoms with Crippen molar-refractivity contribution in [2.45, 2.75) is 25.8 Å². The van der Waals surface area contributed by atoms with Gasteiger partial charge in [-0.2, -0.15) is 0 Å². The van der Waals surface area contributed by atoms with Crippen LogP contribution in [0.4, 0.5) is 0 Å². The summed E-state index contributed by atoms with van der Waals surface area (Å²) in [4.78, 5) is 40.1. The predicted octanol–water partition coefficient (Wildman–Crippen LogP) is 2.30. The predicted molar refractivity (Wildman–Crippen MR) is 114 cm³/mol. The molecule has 0 atom stereocenters. The van der Waals surface area contributed by atoms with Gasteiger partial charge in [-0.1, -0.05) is 6.07 Å². The highest BCUT2D eigenvalue weighted by Crippen LogP contribution is 2.23. The Balaban J connectivity index is 1.31. The van der Waals surface area contributed by atoms with Crippen molar-refractivity contribution in [2.75, 3.05) is 6.54 Å². The zero-order valence-corrected chi connectivity index (χ0v) is 17.1. The molecule has 4 heterocycles. The molecule has 0 N–H and O–H groups in total. The molecule has 5 rings (SSSR count). The summed E-state index contributed by atoms with van der Waals surface area (Å²) in [5, 5.41) is 0.497. The molecule has 0 saturated heterocycles. The van der Waals surface area contributed by atoms with Crippen LogP contribution in [-0.2, 0) is 32.9 Å². The van der Waals surface area contributed by atoms with E-state index in [1.165, 1.54) is 10.9 Å². The molecule has 3 aromatic heterocycles. The minimum atomic E-state index is -0.131. The molecular weight excluding hydrogens is 394 g/mol. The maximum Gasteiger partial charge on any atom is 0.260 e. The fraction of sp³-hybridized carbons (Fsp3) is 0.261. The van der Waals surface area contributed by atoms with Crippen LogP contribution in [0.1, 0.15) is 33.3 Å². The third-order valence-corrected chi connectivity index (χ3v) is 5.57. The third-order valence-electron chi connectivity index (χ3n) is 5.57. The summed E-state index contributed by atoms with van der Waals surface area (Å²) in [5.41, 5.74) is 2.85. The number of oxazole rings is 1. The minimum Gasteiger partial charge on any atom is -0.445 e. The van der Waals surface area contributed by atoms with Crippen LogP contribution in [-0.4, -0.2) is 36.9 Å². The van der Waals surface area contributed by atoms with E-state index in [4.69, 9.17) is 4.42 Å². The summed E-state index contributed by atoms with van der Waals surface area (Å²) in [6, 6.07) is 8.98. The van der Waals surface area contributed by atoms with Crippen LogP contribution in [0, 0.1) is 0 Å². The largest absolute Gasteiger partial charge is 0.445 e. The molecule has 156 valence electrons. The van der Waals surface area contributed by atoms with E-state index >= 15 is 0 Å². The van der Waals surface area contributed by atoms with Crippen molar-refractivity contribution in [2.24, 2.45) is 7.05 Å². The van der Waals surface area contributed by atoms with Gasteiger partial charge in [0.25, 0.3) is 11.5 Å². The van der Waals surface area contributed by atoms with E-state index in [9.17, 15) is 9.59 Å². The van der Waals surface area contributed by atoms with Crippen LogP contribution >= 0.6 is 0 Å². The number of aromatic nitrogens is 4. The van der Waals surface area contributed by atoms with Gasteiger partial charge >= 0.3 is 0 Å². The Hall–Kier alpha value is -3.81. The van der Waals surface area contributed by atoms with Gasteiger partial charge in [-0.25, -0.2) is 9.97 Å². The first-order chi connectivity index (χ1) is 15.1. The lowest BCUT2D eigenvalue weighted by molar-refractivity contribution is 0.0728. The van der Waals surface area contributed by atoms with Crippen molar-refractivity contribution in [1.29, 1.82) is 0 Å². The van der Waals surface area contributed by atoms with Gasteiger partial charge in [0.15, 0.2) is 5.89 Å². The van der Waals surface area contributed by atoms with Crippen molar-refractivity contribution < 1.29 is 9.21 Å². The van der Waals surface area contributed by atoms with Gasteiger partial charge < -0.3 is 13.9 Å². The summed E-state index contributed by atoms with van der Waals surface area (Å²) in [5.74, 6) is 1.44. The van der Waals surface area contributed by atoms with Crippen LogP contribution in [0.25, 0.3) is 10.9 Å². The molecule has 8 nitrogen and oxygen atoms in total. The summed E-state index contributed by atoms with van der Waals surface area (Å²) in [6.07, 6.45) is 7.20. The number of carbonyl (C=O) groups excluding carboxylic acids is 1. The first-order valence-corrected chi connectivity index (χ1v) is 10.2. The molecule has 0 fully saturated rings. The number of hydrogen-bond acceptors (Lipinski definition) is 6. The van der Waals surface area contributed by atoms with Crippen molar-refractivity contribution >= 4 is 16.8 Å². The van der Waals surface area contributed by atoms with Gasteiger partial charge in [0.05, 0.1) is 23.8 Å². The van der Waals surface area contributed by atoms with Gasteiger partial charge in [0.2, 0.25) is 0 Å². The van der Waals surface area contributed by atoms with Crippen LogP contribution in [0.2, 0.25) is 0 Å². The molecule has 0 aliphatic carbocycles. The molecule has 8 heteroatoms. The summed E-state index contributed by atoms with van der Waals surface area (Å²) < 4.78 is 7.35. The van der Waals surface area contributed by atoms with Gasteiger partial charge in [-0.15, -0.1) is 0 Å². The number of carbonyl (C=O) groups is 1. The number of nitrogens with zero attached hydrogens (tertiary/aromatic N) is 5. The molecule has 0 unspecified atom stereocenters. The summed E-state index contributed by atoms with van der Waals surface area (Å²) in [7, 11) is 1.65. The Bertz CT molecular complexity index is 1330. The van der Waals surface area contributed by atoms with Crippen LogP contribution in [0.15, 0.2) is 58.3 Å². The molecule has 4 aromatic rings. The highest BCUT2D eigenvalue weighted by molar-refractivity contribution is 5.97. The molecule has 1 amide bonds. The second-order valence-corrected chi connectivity index (χ2v) is 7.71. The van der Waals surface area contributed by atoms with Crippen LogP contribution in [0.3, 0.4) is 0 Å². The summed E-state index contributed by atoms with van der Waals surface area (Å²) in [6.45, 7) is 0.970. The van der Waals surface area contributed by atoms with E-state index in [0.29, 0.717) is 48.3 Å². The molecule has 0 saturated carbocycles. The van der Waals surface area contributed by atoms with E-state index < -0.39 is 0 Å². The number of aryl methyl sites for hydroxylation is 3. The Morgan fingerprint density at radius 1 is 1.23 bits per heavy atom. The lowest BCUT2D eigenvalue weighted by atomic mass is 10.1. The van der Waals surface area contributed by atoms with Gasteiger partial charge in [-0.05, 0) is 36.2 Å². The van der Waals surface area contributed by atoms with E-state index in [1.807, 2.05) is 18.3 Å². The van der Waals surface area contributed by atoms with Crippen LogP contribution < -0.4 is 5.56 Å². The Morgan fingerprint density at radius 3 is 2.97 bits per heavy atom. The zero-order chi connectivity index (χ0) is 21.4. The van der Waals surface area contributed by atoms with Crippen molar-refractivity contribution in [3.8, 4) is 0 Å². The number of fused-ring (bicyclic) bond motifs is 2. The maximum absolute atomic E-state index is 13.1. The van der Waals surface area contributed by atoms with E-state index in [2.05, 4.69) is 15.0 Å². The fourth-order valence-corrected chi connectivity index (χ4v) is 3.86. The van der Waals surface area contributed by atoms with Crippen molar-refractivity contribution in [3.05, 3.63) is 87.9 Å². The zero-order valence-electron chi connectivity index (χ0n) is 17.1. The Kier molecular flexibility index (Phi) is 4.82. The second kappa shape index (κ2) is 7.79. The average Bonchev–Trinajstić information content (AvgIpc) is 3.22. The third kappa shape index (κ3) is 3.72. The van der Waals surface area contributed by atoms with Crippen LogP contribution in [0.5, 0.6) is 0 Å². The van der Waals surface area contributed by atoms with Crippen molar-refractivity contribution in [3.63, 3.8) is 0 Å². The molecule has 1 aliphatic heterocycles. The normalized spacial score (nSPS) is 13.4. The lowest BCUT2D eigenvalue weighted by Crippen LogP contribution is -2.35. The second-order valence-electron chi connectivity index (χ2n) is 7.71. The highest BCUT2D eigenvalue weighted by atomic mass is 16.4. The standard InChI is InChI=1S/C23H21N5O3/c1-27-14-25-18-11-16(5-6-17(18)23(27)30)22(29)28-10-8-20-19(13-28)26-21(31-20)7-4-15-3-2-9-24-12-15/h2-3,5-6,9,11-12,14H,4,7-8,10,13H2,1H3. The lowest BCUT2D eigenvalue weighted by Gasteiger charge is -2.25. The van der Waals surface area contributed by atoms with E-state index in [0.717, 1.165) is 23.4 Å². The number of amides is 1. The first kappa shape index (κ1) is 19.2. The molecule has 0 bridgehead atoms. The molecule has 31 heavy (non-hydrogen) atoms. The van der Waals surface area contributed by atoms with Gasteiger partial charge in [-0.3, -0.25) is 14.6 Å². The first-order valence-electron chi connectivity index (χ1n) is 10.2. The molecule has 1 aliphatic rings. The SMILES string of the molecule is Cn1cnc2cc(C(=O)N3CCc4oc(CCc5cccnc5)nc4C3)ccc2c1=O. The number of hydrogen-bond donors (Lipinski definition) is 0. The smallest absolute Gasteiger partial charge is 0.260 e. The van der Waals surface area contributed by atoms with E-state index in [-0.39, 0.29) is 11.5 Å². The van der Waals surface area contributed by atoms with E-state index in [1.54, 1.807) is 36.3 Å². The number of benzene rings is 1. The Labute approximate surface area is 178 Å². The quantitative estimate of drug-likeness (QED) is 0.508. The molecule has 1 aromatic carbocycles. The fourth-order valence-electron chi connectivity index (χ4n) is 3.86. The monoisotopic (exact) mass is 415 g/mol.